The van der Waals surface area contributed by atoms with E-state index >= 15 is 0 Å². The maximum Gasteiger partial charge on any atom is 0.245 e. The summed E-state index contributed by atoms with van der Waals surface area (Å²) in [6.07, 6.45) is 1.60. The molecule has 0 aromatic heterocycles. The predicted octanol–water partition coefficient (Wildman–Crippen LogP) is 3.44. The van der Waals surface area contributed by atoms with Crippen LogP contribution in [0.2, 0.25) is 0 Å². The van der Waals surface area contributed by atoms with Crippen LogP contribution in [0.25, 0.3) is 0 Å². The summed E-state index contributed by atoms with van der Waals surface area (Å²) < 4.78 is 35.4. The predicted molar refractivity (Wildman–Crippen MR) is 84.8 cm³/mol. The second-order valence-corrected chi connectivity index (χ2v) is 8.43. The van der Waals surface area contributed by atoms with Gasteiger partial charge in [0, 0.05) is 18.5 Å². The third kappa shape index (κ3) is 2.79. The quantitative estimate of drug-likeness (QED) is 0.800. The van der Waals surface area contributed by atoms with Crippen LogP contribution < -0.4 is 0 Å². The first kappa shape index (κ1) is 15.1. The third-order valence-corrected chi connectivity index (χ3v) is 6.84. The highest BCUT2D eigenvalue weighted by Gasteiger charge is 2.33. The molecule has 114 valence electrons. The van der Waals surface area contributed by atoms with E-state index in [4.69, 9.17) is 11.6 Å². The van der Waals surface area contributed by atoms with Crippen LogP contribution in [-0.4, -0.2) is 31.2 Å². The van der Waals surface area contributed by atoms with Crippen molar-refractivity contribution in [2.45, 2.75) is 30.0 Å². The van der Waals surface area contributed by atoms with Crippen molar-refractivity contribution in [1.82, 2.24) is 4.31 Å². The molecule has 1 aromatic carbocycles. The van der Waals surface area contributed by atoms with Gasteiger partial charge in [0.2, 0.25) is 10.0 Å². The lowest BCUT2D eigenvalue weighted by molar-refractivity contribution is 0.271. The second-order valence-electron chi connectivity index (χ2n) is 5.31. The number of fused-ring (bicyclic) bond motifs is 1. The number of sulfonamides is 1. The Labute approximate surface area is 133 Å². The topological polar surface area (TPSA) is 62.1 Å². The van der Waals surface area contributed by atoms with Gasteiger partial charge in [0.25, 0.3) is 0 Å². The first-order valence-corrected chi connectivity index (χ1v) is 9.46. The smallest absolute Gasteiger partial charge is 0.207 e. The van der Waals surface area contributed by atoms with E-state index in [0.717, 1.165) is 24.2 Å². The van der Waals surface area contributed by atoms with Gasteiger partial charge < -0.3 is 0 Å². The normalized spacial score (nSPS) is 21.0. The summed E-state index contributed by atoms with van der Waals surface area (Å²) in [5, 5.41) is 0.0843. The van der Waals surface area contributed by atoms with Gasteiger partial charge in [-0.2, -0.15) is 13.0 Å². The van der Waals surface area contributed by atoms with Crippen molar-refractivity contribution in [3.05, 3.63) is 18.2 Å². The Morgan fingerprint density at radius 2 is 2.05 bits per heavy atom. The van der Waals surface area contributed by atoms with E-state index in [0.29, 0.717) is 30.4 Å². The van der Waals surface area contributed by atoms with Crippen LogP contribution in [0.3, 0.4) is 0 Å². The van der Waals surface area contributed by atoms with Crippen molar-refractivity contribution in [2.75, 3.05) is 13.1 Å². The minimum atomic E-state index is -3.51. The number of hydrogen-bond donors (Lipinski definition) is 0. The van der Waals surface area contributed by atoms with Crippen molar-refractivity contribution in [3.8, 4) is 0 Å². The first-order valence-electron chi connectivity index (χ1n) is 6.85. The maximum absolute atomic E-state index is 12.8. The second kappa shape index (κ2) is 5.79. The van der Waals surface area contributed by atoms with Crippen molar-refractivity contribution < 1.29 is 8.42 Å². The molecule has 1 unspecified atom stereocenters. The van der Waals surface area contributed by atoms with Crippen molar-refractivity contribution in [3.63, 3.8) is 0 Å². The molecule has 0 saturated carbocycles. The van der Waals surface area contributed by atoms with Crippen molar-refractivity contribution in [2.24, 2.45) is 14.6 Å². The molecular formula is C13H16ClN3O2S2. The van der Waals surface area contributed by atoms with Crippen LogP contribution >= 0.6 is 11.6 Å². The summed E-state index contributed by atoms with van der Waals surface area (Å²) in [5.74, 6) is 0.384. The molecule has 1 fully saturated rings. The van der Waals surface area contributed by atoms with Crippen LogP contribution in [0, 0.1) is 5.92 Å². The van der Waals surface area contributed by atoms with Gasteiger partial charge in [0.1, 0.15) is 16.3 Å². The Kier molecular flexibility index (Phi) is 4.18. The molecule has 5 nitrogen and oxygen atoms in total. The fraction of sp³-hybridized carbons (Fsp3) is 0.538. The summed E-state index contributed by atoms with van der Waals surface area (Å²) in [4.78, 5) is 0.256. The van der Waals surface area contributed by atoms with Gasteiger partial charge in [0.15, 0.2) is 0 Å². The fourth-order valence-electron chi connectivity index (χ4n) is 2.70. The van der Waals surface area contributed by atoms with Gasteiger partial charge >= 0.3 is 0 Å². The first-order chi connectivity index (χ1) is 10.00. The van der Waals surface area contributed by atoms with Crippen molar-refractivity contribution in [1.29, 1.82) is 0 Å². The van der Waals surface area contributed by atoms with Gasteiger partial charge in [-0.1, -0.05) is 6.07 Å². The molecule has 0 aliphatic carbocycles. The molecule has 3 rings (SSSR count). The number of rotatable bonds is 3. The fourth-order valence-corrected chi connectivity index (χ4v) is 5.18. The van der Waals surface area contributed by atoms with E-state index in [-0.39, 0.29) is 10.3 Å². The molecule has 1 saturated heterocycles. The largest absolute Gasteiger partial charge is 0.245 e. The molecule has 0 radical (unpaired) electrons. The van der Waals surface area contributed by atoms with Crippen LogP contribution in [0.1, 0.15) is 19.8 Å². The number of halogens is 1. The van der Waals surface area contributed by atoms with Crippen LogP contribution in [-0.2, 0) is 21.4 Å². The summed E-state index contributed by atoms with van der Waals surface area (Å²) in [7, 11) is -3.51. The Hall–Kier alpha value is -0.760. The third-order valence-electron chi connectivity index (χ3n) is 4.01. The van der Waals surface area contributed by atoms with Gasteiger partial charge in [-0.3, -0.25) is 0 Å². The molecule has 0 amide bonds. The summed E-state index contributed by atoms with van der Waals surface area (Å²) >= 11 is 7.15. The molecule has 8 heteroatoms. The summed E-state index contributed by atoms with van der Waals surface area (Å²) in [6.45, 7) is 2.99. The van der Waals surface area contributed by atoms with Gasteiger partial charge in [0.05, 0.1) is 11.4 Å². The van der Waals surface area contributed by atoms with E-state index in [2.05, 4.69) is 8.73 Å². The van der Waals surface area contributed by atoms with E-state index in [1.807, 2.05) is 6.92 Å². The molecular weight excluding hydrogens is 330 g/mol. The number of benzene rings is 1. The lowest BCUT2D eigenvalue weighted by atomic mass is 9.95. The zero-order valence-corrected chi connectivity index (χ0v) is 14.0. The Morgan fingerprint density at radius 1 is 1.33 bits per heavy atom. The average molecular weight is 346 g/mol. The molecule has 0 N–H and O–H groups in total. The molecule has 21 heavy (non-hydrogen) atoms. The van der Waals surface area contributed by atoms with Crippen LogP contribution in [0.15, 0.2) is 31.8 Å². The highest BCUT2D eigenvalue weighted by atomic mass is 35.5. The summed E-state index contributed by atoms with van der Waals surface area (Å²) in [6, 6.07) is 5.10. The number of piperidine rings is 1. The zero-order valence-electron chi connectivity index (χ0n) is 11.6. The molecule has 2 aliphatic rings. The Morgan fingerprint density at radius 3 is 2.71 bits per heavy atom. The van der Waals surface area contributed by atoms with Crippen LogP contribution in [0.4, 0.5) is 11.4 Å². The standard InChI is InChI=1S/C13H16ClN3O2S2/c1-9(14)10-5-7-17(8-6-10)21(18,19)12-4-2-3-11-13(12)16-20-15-11/h2-4,9-10H,5-8H2,1H3. The van der Waals surface area contributed by atoms with E-state index in [1.54, 1.807) is 18.2 Å². The van der Waals surface area contributed by atoms with Gasteiger partial charge in [-0.25, -0.2) is 8.42 Å². The Bertz CT molecular complexity index is 719. The number of hydrogen-bond acceptors (Lipinski definition) is 4. The van der Waals surface area contributed by atoms with Crippen molar-refractivity contribution >= 4 is 44.4 Å². The maximum atomic E-state index is 12.8. The zero-order chi connectivity index (χ0) is 15.0. The molecule has 1 aromatic rings. The van der Waals surface area contributed by atoms with Crippen LogP contribution in [0.5, 0.6) is 0 Å². The highest BCUT2D eigenvalue weighted by molar-refractivity contribution is 7.89. The monoisotopic (exact) mass is 345 g/mol. The van der Waals surface area contributed by atoms with E-state index < -0.39 is 10.0 Å². The minimum Gasteiger partial charge on any atom is -0.207 e. The van der Waals surface area contributed by atoms with E-state index in [9.17, 15) is 8.42 Å². The number of nitrogens with zero attached hydrogens (tertiary/aromatic N) is 3. The highest BCUT2D eigenvalue weighted by Crippen LogP contribution is 2.39. The average Bonchev–Trinajstić information content (AvgIpc) is 2.95. The molecule has 2 aliphatic heterocycles. The molecule has 1 atom stereocenters. The SMILES string of the molecule is CC(Cl)C1CCN(S(=O)(=O)c2cccc3c2N=S=N3)CC1. The van der Waals surface area contributed by atoms with Gasteiger partial charge in [-0.15, -0.1) is 11.6 Å². The lowest BCUT2D eigenvalue weighted by Gasteiger charge is -2.32. The van der Waals surface area contributed by atoms with E-state index in [1.165, 1.54) is 4.31 Å². The molecule has 0 spiro atoms. The number of alkyl halides is 1. The minimum absolute atomic E-state index is 0.0843. The molecule has 2 heterocycles. The molecule has 0 bridgehead atoms. The summed E-state index contributed by atoms with van der Waals surface area (Å²) in [5.41, 5.74) is 1.10. The van der Waals surface area contributed by atoms with Gasteiger partial charge in [-0.05, 0) is 37.8 Å². The lowest BCUT2D eigenvalue weighted by Crippen LogP contribution is -2.39. The Balaban J connectivity index is 1.86.